The van der Waals surface area contributed by atoms with Gasteiger partial charge in [-0.3, -0.25) is 13.9 Å². The maximum atomic E-state index is 14.1. The van der Waals surface area contributed by atoms with E-state index in [-0.39, 0.29) is 23.0 Å². The van der Waals surface area contributed by atoms with Gasteiger partial charge in [-0.1, -0.05) is 48.3 Å². The highest BCUT2D eigenvalue weighted by atomic mass is 35.5. The van der Waals surface area contributed by atoms with E-state index < -0.39 is 34.1 Å². The minimum Gasteiger partial charge on any atom is -0.497 e. The summed E-state index contributed by atoms with van der Waals surface area (Å²) in [5.41, 5.74) is 0.320. The fourth-order valence-corrected chi connectivity index (χ4v) is 5.93. The third-order valence-corrected chi connectivity index (χ3v) is 8.63. The summed E-state index contributed by atoms with van der Waals surface area (Å²) >= 11 is 12.5. The van der Waals surface area contributed by atoms with Crippen LogP contribution in [0.3, 0.4) is 0 Å². The van der Waals surface area contributed by atoms with Crippen molar-refractivity contribution in [3.63, 3.8) is 0 Å². The topological polar surface area (TPSA) is 96.0 Å². The predicted molar refractivity (Wildman–Crippen MR) is 163 cm³/mol. The highest BCUT2D eigenvalue weighted by molar-refractivity contribution is 7.92. The Morgan fingerprint density at radius 3 is 2.10 bits per heavy atom. The Bertz CT molecular complexity index is 1460. The fourth-order valence-electron chi connectivity index (χ4n) is 4.19. The molecule has 3 aromatic rings. The number of ether oxygens (including phenoxy) is 1. The molecule has 0 saturated heterocycles. The van der Waals surface area contributed by atoms with Gasteiger partial charge in [0.25, 0.3) is 10.0 Å². The maximum absolute atomic E-state index is 14.1. The molecule has 0 aliphatic carbocycles. The highest BCUT2D eigenvalue weighted by Crippen LogP contribution is 2.28. The van der Waals surface area contributed by atoms with Crippen molar-refractivity contribution in [1.82, 2.24) is 10.2 Å². The van der Waals surface area contributed by atoms with Crippen molar-refractivity contribution in [3.05, 3.63) is 88.4 Å². The number of benzene rings is 3. The Morgan fingerprint density at radius 2 is 1.56 bits per heavy atom. The molecule has 0 heterocycles. The normalized spacial score (nSPS) is 12.4. The minimum absolute atomic E-state index is 0.00557. The zero-order chi connectivity index (χ0) is 30.4. The molecule has 0 aliphatic rings. The lowest BCUT2D eigenvalue weighted by Gasteiger charge is -2.35. The third-order valence-electron chi connectivity index (χ3n) is 6.22. The number of amides is 2. The van der Waals surface area contributed by atoms with Gasteiger partial charge in [-0.25, -0.2) is 8.42 Å². The van der Waals surface area contributed by atoms with Gasteiger partial charge < -0.3 is 15.0 Å². The Balaban J connectivity index is 2.08. The van der Waals surface area contributed by atoms with Crippen molar-refractivity contribution in [3.8, 4) is 5.75 Å². The Labute approximate surface area is 252 Å². The van der Waals surface area contributed by atoms with Crippen molar-refractivity contribution >= 4 is 50.7 Å². The molecule has 0 aromatic heterocycles. The zero-order valence-electron chi connectivity index (χ0n) is 23.7. The highest BCUT2D eigenvalue weighted by Gasteiger charge is 2.35. The second kappa shape index (κ2) is 13.6. The SMILES string of the molecule is CC[C@H](C(=O)NC(C)(C)C)N(Cc1ccccc1Cl)C(=O)CN(c1ccc(Cl)cc1)S(=O)(=O)c1ccc(OC)cc1. The van der Waals surface area contributed by atoms with E-state index in [9.17, 15) is 18.0 Å². The van der Waals surface area contributed by atoms with Crippen LogP contribution in [0.4, 0.5) is 5.69 Å². The summed E-state index contributed by atoms with van der Waals surface area (Å²) in [4.78, 5) is 28.8. The number of sulfonamides is 1. The van der Waals surface area contributed by atoms with Crippen molar-refractivity contribution in [2.24, 2.45) is 0 Å². The third kappa shape index (κ3) is 8.38. The van der Waals surface area contributed by atoms with Gasteiger partial charge in [0.1, 0.15) is 18.3 Å². The van der Waals surface area contributed by atoms with E-state index in [1.165, 1.54) is 48.4 Å². The van der Waals surface area contributed by atoms with Gasteiger partial charge in [0, 0.05) is 22.1 Å². The molecule has 0 fully saturated rings. The van der Waals surface area contributed by atoms with E-state index in [2.05, 4.69) is 5.32 Å². The summed E-state index contributed by atoms with van der Waals surface area (Å²) in [6, 6.07) is 18.2. The second-order valence-electron chi connectivity index (χ2n) is 10.4. The maximum Gasteiger partial charge on any atom is 0.264 e. The number of hydrogen-bond acceptors (Lipinski definition) is 5. The Kier molecular flexibility index (Phi) is 10.7. The Morgan fingerprint density at radius 1 is 0.951 bits per heavy atom. The molecule has 3 aromatic carbocycles. The average Bonchev–Trinajstić information content (AvgIpc) is 2.92. The zero-order valence-corrected chi connectivity index (χ0v) is 26.1. The van der Waals surface area contributed by atoms with Crippen molar-refractivity contribution < 1.29 is 22.7 Å². The van der Waals surface area contributed by atoms with Crippen LogP contribution in [0.15, 0.2) is 77.7 Å². The lowest BCUT2D eigenvalue weighted by atomic mass is 10.1. The number of nitrogens with zero attached hydrogens (tertiary/aromatic N) is 2. The molecule has 1 N–H and O–H groups in total. The number of halogens is 2. The summed E-state index contributed by atoms with van der Waals surface area (Å²) in [5, 5.41) is 3.78. The summed E-state index contributed by atoms with van der Waals surface area (Å²) in [7, 11) is -2.74. The van der Waals surface area contributed by atoms with Gasteiger partial charge in [-0.15, -0.1) is 0 Å². The molecule has 41 heavy (non-hydrogen) atoms. The van der Waals surface area contributed by atoms with Crippen LogP contribution < -0.4 is 14.4 Å². The fraction of sp³-hybridized carbons (Fsp3) is 0.333. The number of rotatable bonds is 11. The van der Waals surface area contributed by atoms with E-state index in [1.54, 1.807) is 43.3 Å². The quantitative estimate of drug-likeness (QED) is 0.287. The standard InChI is InChI=1S/C30H35Cl2N3O5S/c1-6-27(29(37)33-30(2,3)4)34(19-21-9-7-8-10-26(21)32)28(36)20-35(23-13-11-22(31)12-14-23)41(38,39)25-17-15-24(40-5)16-18-25/h7-18,27H,6,19-20H2,1-5H3,(H,33,37)/t27-/m1/s1. The first-order valence-corrected chi connectivity index (χ1v) is 15.2. The average molecular weight is 621 g/mol. The van der Waals surface area contributed by atoms with Gasteiger partial charge in [0.05, 0.1) is 17.7 Å². The molecular weight excluding hydrogens is 585 g/mol. The smallest absolute Gasteiger partial charge is 0.264 e. The number of carbonyl (C=O) groups is 2. The molecule has 0 aliphatic heterocycles. The molecule has 11 heteroatoms. The lowest BCUT2D eigenvalue weighted by molar-refractivity contribution is -0.141. The summed E-state index contributed by atoms with van der Waals surface area (Å²) in [6.07, 6.45) is 0.296. The first-order chi connectivity index (χ1) is 19.3. The minimum atomic E-state index is -4.22. The second-order valence-corrected chi connectivity index (χ2v) is 13.1. The van der Waals surface area contributed by atoms with Crippen LogP contribution in [0.1, 0.15) is 39.7 Å². The van der Waals surface area contributed by atoms with Crippen LogP contribution in [0.5, 0.6) is 5.75 Å². The molecule has 0 radical (unpaired) electrons. The van der Waals surface area contributed by atoms with Crippen molar-refractivity contribution in [1.29, 1.82) is 0 Å². The van der Waals surface area contributed by atoms with E-state index in [4.69, 9.17) is 27.9 Å². The van der Waals surface area contributed by atoms with Gasteiger partial charge in [-0.05, 0) is 87.4 Å². The van der Waals surface area contributed by atoms with E-state index >= 15 is 0 Å². The molecule has 2 amide bonds. The first kappa shape index (κ1) is 32.2. The van der Waals surface area contributed by atoms with Gasteiger partial charge in [0.2, 0.25) is 11.8 Å². The number of methoxy groups -OCH3 is 1. The molecule has 0 spiro atoms. The van der Waals surface area contributed by atoms with E-state index in [0.717, 1.165) is 4.31 Å². The molecule has 220 valence electrons. The molecule has 0 bridgehead atoms. The first-order valence-electron chi connectivity index (χ1n) is 13.0. The van der Waals surface area contributed by atoms with Gasteiger partial charge in [0.15, 0.2) is 0 Å². The lowest BCUT2D eigenvalue weighted by Crippen LogP contribution is -2.55. The van der Waals surface area contributed by atoms with E-state index in [1.807, 2.05) is 20.8 Å². The molecule has 0 saturated carbocycles. The number of hydrogen-bond donors (Lipinski definition) is 1. The summed E-state index contributed by atoms with van der Waals surface area (Å²) < 4.78 is 34.0. The van der Waals surface area contributed by atoms with Crippen LogP contribution in [0.25, 0.3) is 0 Å². The monoisotopic (exact) mass is 619 g/mol. The predicted octanol–water partition coefficient (Wildman–Crippen LogP) is 5.92. The van der Waals surface area contributed by atoms with Crippen LogP contribution in [-0.2, 0) is 26.2 Å². The number of carbonyl (C=O) groups excluding carboxylic acids is 2. The number of anilines is 1. The van der Waals surface area contributed by atoms with Crippen LogP contribution in [0, 0.1) is 0 Å². The van der Waals surface area contributed by atoms with Gasteiger partial charge >= 0.3 is 0 Å². The van der Waals surface area contributed by atoms with Crippen molar-refractivity contribution in [2.45, 2.75) is 57.1 Å². The van der Waals surface area contributed by atoms with Crippen LogP contribution >= 0.6 is 23.2 Å². The molecular formula is C30H35Cl2N3O5S. The largest absolute Gasteiger partial charge is 0.497 e. The molecule has 3 rings (SSSR count). The van der Waals surface area contributed by atoms with Crippen LogP contribution in [-0.4, -0.2) is 50.4 Å². The molecule has 8 nitrogen and oxygen atoms in total. The van der Waals surface area contributed by atoms with Gasteiger partial charge in [-0.2, -0.15) is 0 Å². The number of nitrogens with one attached hydrogen (secondary N) is 1. The van der Waals surface area contributed by atoms with E-state index in [0.29, 0.717) is 27.8 Å². The summed E-state index contributed by atoms with van der Waals surface area (Å²) in [5.74, 6) is -0.441. The molecule has 1 atom stereocenters. The van der Waals surface area contributed by atoms with Crippen LogP contribution in [0.2, 0.25) is 10.0 Å². The van der Waals surface area contributed by atoms with Crippen molar-refractivity contribution in [2.75, 3.05) is 18.0 Å². The Hall–Kier alpha value is -3.27. The summed E-state index contributed by atoms with van der Waals surface area (Å²) in [6.45, 7) is 6.78. The molecule has 0 unspecified atom stereocenters.